The highest BCUT2D eigenvalue weighted by atomic mass is 79.9. The van der Waals surface area contributed by atoms with Crippen LogP contribution in [-0.2, 0) is 4.79 Å². The van der Waals surface area contributed by atoms with E-state index in [1.807, 2.05) is 32.0 Å². The van der Waals surface area contributed by atoms with Crippen molar-refractivity contribution in [2.45, 2.75) is 45.2 Å². The Morgan fingerprint density at radius 1 is 1.50 bits per heavy atom. The Kier molecular flexibility index (Phi) is 7.83. The van der Waals surface area contributed by atoms with E-state index in [0.29, 0.717) is 12.6 Å². The van der Waals surface area contributed by atoms with Crippen LogP contribution < -0.4 is 11.1 Å². The van der Waals surface area contributed by atoms with Crippen molar-refractivity contribution in [3.8, 4) is 0 Å². The van der Waals surface area contributed by atoms with Gasteiger partial charge in [-0.25, -0.2) is 0 Å². The van der Waals surface area contributed by atoms with Gasteiger partial charge >= 0.3 is 0 Å². The van der Waals surface area contributed by atoms with E-state index < -0.39 is 0 Å². The number of hydrogen-bond donors (Lipinski definition) is 2. The first kappa shape index (κ1) is 19.4. The third kappa shape index (κ3) is 5.23. The molecule has 2 rings (SSSR count). The molecule has 0 saturated carbocycles. The largest absolute Gasteiger partial charge is 0.327 e. The summed E-state index contributed by atoms with van der Waals surface area (Å²) < 4.78 is 0.915. The third-order valence-corrected chi connectivity index (χ3v) is 4.67. The van der Waals surface area contributed by atoms with Crippen LogP contribution in [0.25, 0.3) is 0 Å². The van der Waals surface area contributed by atoms with Gasteiger partial charge in [0.2, 0.25) is 5.91 Å². The van der Waals surface area contributed by atoms with Crippen LogP contribution in [0.1, 0.15) is 31.7 Å². The maximum absolute atomic E-state index is 12.3. The highest BCUT2D eigenvalue weighted by Crippen LogP contribution is 2.24. The lowest BCUT2D eigenvalue weighted by atomic mass is 9.97. The molecule has 0 spiro atoms. The zero-order valence-electron chi connectivity index (χ0n) is 13.1. The lowest BCUT2D eigenvalue weighted by molar-refractivity contribution is -0.118. The summed E-state index contributed by atoms with van der Waals surface area (Å²) in [6.07, 6.45) is 3.43. The minimum Gasteiger partial charge on any atom is -0.327 e. The van der Waals surface area contributed by atoms with Crippen molar-refractivity contribution in [1.29, 1.82) is 0 Å². The normalized spacial score (nSPS) is 20.1. The Balaban J connectivity index is 0.00000242. The first-order chi connectivity index (χ1) is 9.97. The Morgan fingerprint density at radius 2 is 2.23 bits per heavy atom. The van der Waals surface area contributed by atoms with Gasteiger partial charge < -0.3 is 11.1 Å². The summed E-state index contributed by atoms with van der Waals surface area (Å²) in [5.74, 6) is 0.0205. The van der Waals surface area contributed by atoms with Crippen LogP contribution in [0.4, 0.5) is 5.69 Å². The molecule has 1 fully saturated rings. The predicted octanol–water partition coefficient (Wildman–Crippen LogP) is 3.32. The molecule has 1 aliphatic heterocycles. The number of rotatable bonds is 4. The smallest absolute Gasteiger partial charge is 0.238 e. The molecule has 0 radical (unpaired) electrons. The molecule has 124 valence electrons. The fourth-order valence-corrected chi connectivity index (χ4v) is 3.50. The van der Waals surface area contributed by atoms with Crippen molar-refractivity contribution >= 4 is 39.9 Å². The molecule has 1 heterocycles. The van der Waals surface area contributed by atoms with Crippen molar-refractivity contribution in [3.05, 3.63) is 28.2 Å². The summed E-state index contributed by atoms with van der Waals surface area (Å²) in [5, 5.41) is 2.98. The number of hydrogen-bond acceptors (Lipinski definition) is 3. The fraction of sp³-hybridized carbons (Fsp3) is 0.562. The Morgan fingerprint density at radius 3 is 2.86 bits per heavy atom. The van der Waals surface area contributed by atoms with Gasteiger partial charge in [0, 0.05) is 16.6 Å². The molecule has 4 nitrogen and oxygen atoms in total. The van der Waals surface area contributed by atoms with Crippen LogP contribution in [0.2, 0.25) is 0 Å². The summed E-state index contributed by atoms with van der Waals surface area (Å²) in [7, 11) is 0. The minimum absolute atomic E-state index is 0. The van der Waals surface area contributed by atoms with Crippen LogP contribution >= 0.6 is 28.3 Å². The average molecular weight is 391 g/mol. The molecule has 1 saturated heterocycles. The number of benzene rings is 1. The van der Waals surface area contributed by atoms with Crippen LogP contribution in [0.15, 0.2) is 22.7 Å². The van der Waals surface area contributed by atoms with Crippen molar-refractivity contribution in [3.63, 3.8) is 0 Å². The molecule has 0 aromatic heterocycles. The summed E-state index contributed by atoms with van der Waals surface area (Å²) >= 11 is 3.49. The summed E-state index contributed by atoms with van der Waals surface area (Å²) in [6.45, 7) is 5.41. The predicted molar refractivity (Wildman–Crippen MR) is 97.6 cm³/mol. The number of piperidine rings is 1. The second-order valence-electron chi connectivity index (χ2n) is 5.92. The van der Waals surface area contributed by atoms with Gasteiger partial charge in [-0.1, -0.05) is 12.5 Å². The first-order valence-corrected chi connectivity index (χ1v) is 8.32. The van der Waals surface area contributed by atoms with Gasteiger partial charge in [-0.3, -0.25) is 9.69 Å². The second-order valence-corrected chi connectivity index (χ2v) is 6.78. The minimum atomic E-state index is 0. The number of anilines is 1. The van der Waals surface area contributed by atoms with E-state index in [1.165, 1.54) is 6.42 Å². The van der Waals surface area contributed by atoms with Gasteiger partial charge in [-0.05, 0) is 66.9 Å². The van der Waals surface area contributed by atoms with Crippen molar-refractivity contribution in [2.24, 2.45) is 5.73 Å². The Labute approximate surface area is 147 Å². The third-order valence-electron chi connectivity index (χ3n) is 4.02. The zero-order chi connectivity index (χ0) is 15.4. The molecular formula is C16H25BrClN3O. The van der Waals surface area contributed by atoms with Gasteiger partial charge in [0.1, 0.15) is 0 Å². The van der Waals surface area contributed by atoms with Gasteiger partial charge in [-0.15, -0.1) is 12.4 Å². The number of nitrogens with one attached hydrogen (secondary N) is 1. The molecule has 3 N–H and O–H groups in total. The monoisotopic (exact) mass is 389 g/mol. The quantitative estimate of drug-likeness (QED) is 0.829. The molecule has 2 atom stereocenters. The number of amides is 1. The molecule has 1 aromatic carbocycles. The molecule has 1 amide bonds. The highest BCUT2D eigenvalue weighted by Gasteiger charge is 2.26. The van der Waals surface area contributed by atoms with E-state index in [0.717, 1.165) is 35.1 Å². The summed E-state index contributed by atoms with van der Waals surface area (Å²) in [4.78, 5) is 14.5. The molecular weight excluding hydrogens is 366 g/mol. The summed E-state index contributed by atoms with van der Waals surface area (Å²) in [6, 6.07) is 6.33. The number of nitrogens with zero attached hydrogens (tertiary/aromatic N) is 1. The van der Waals surface area contributed by atoms with Crippen LogP contribution in [-0.4, -0.2) is 36.0 Å². The maximum Gasteiger partial charge on any atom is 0.238 e. The summed E-state index contributed by atoms with van der Waals surface area (Å²) in [5.41, 5.74) is 8.03. The molecule has 0 bridgehead atoms. The van der Waals surface area contributed by atoms with Gasteiger partial charge in [0.05, 0.1) is 12.2 Å². The fourth-order valence-electron chi connectivity index (χ4n) is 2.90. The number of aryl methyl sites for hydroxylation is 1. The second kappa shape index (κ2) is 8.87. The SMILES string of the molecule is Cc1ccc(NC(=O)CN2CCCCC2C(C)N)c(Br)c1.Cl. The van der Waals surface area contributed by atoms with Crippen LogP contribution in [0, 0.1) is 6.92 Å². The van der Waals surface area contributed by atoms with E-state index in [2.05, 4.69) is 26.1 Å². The van der Waals surface area contributed by atoms with E-state index in [9.17, 15) is 4.79 Å². The van der Waals surface area contributed by atoms with Crippen molar-refractivity contribution in [1.82, 2.24) is 4.90 Å². The van der Waals surface area contributed by atoms with Gasteiger partial charge in [-0.2, -0.15) is 0 Å². The first-order valence-electron chi connectivity index (χ1n) is 7.53. The van der Waals surface area contributed by atoms with E-state index >= 15 is 0 Å². The lowest BCUT2D eigenvalue weighted by Crippen LogP contribution is -2.51. The topological polar surface area (TPSA) is 58.4 Å². The Bertz CT molecular complexity index is 510. The molecule has 6 heteroatoms. The number of carbonyl (C=O) groups excluding carboxylic acids is 1. The van der Waals surface area contributed by atoms with Gasteiger partial charge in [0.15, 0.2) is 0 Å². The molecule has 1 aromatic rings. The highest BCUT2D eigenvalue weighted by molar-refractivity contribution is 9.10. The van der Waals surface area contributed by atoms with Crippen molar-refractivity contribution in [2.75, 3.05) is 18.4 Å². The molecule has 2 unspecified atom stereocenters. The molecule has 22 heavy (non-hydrogen) atoms. The van der Waals surface area contributed by atoms with E-state index in [-0.39, 0.29) is 24.4 Å². The van der Waals surface area contributed by atoms with Gasteiger partial charge in [0.25, 0.3) is 0 Å². The molecule has 1 aliphatic rings. The standard InChI is InChI=1S/C16H24BrN3O.ClH/c1-11-6-7-14(13(17)9-11)19-16(21)10-20-8-4-3-5-15(20)12(2)18;/h6-7,9,12,15H,3-5,8,10,18H2,1-2H3,(H,19,21);1H. The number of likely N-dealkylation sites (tertiary alicyclic amines) is 1. The number of nitrogens with two attached hydrogens (primary N) is 1. The number of carbonyl (C=O) groups is 1. The van der Waals surface area contributed by atoms with E-state index in [4.69, 9.17) is 5.73 Å². The maximum atomic E-state index is 12.3. The van der Waals surface area contributed by atoms with Crippen LogP contribution in [0.5, 0.6) is 0 Å². The average Bonchev–Trinajstić information content (AvgIpc) is 2.42. The van der Waals surface area contributed by atoms with E-state index in [1.54, 1.807) is 0 Å². The van der Waals surface area contributed by atoms with Crippen LogP contribution in [0.3, 0.4) is 0 Å². The Hall–Kier alpha value is -0.620. The number of halogens is 2. The van der Waals surface area contributed by atoms with Crippen molar-refractivity contribution < 1.29 is 4.79 Å². The lowest BCUT2D eigenvalue weighted by Gasteiger charge is -2.37. The molecule has 0 aliphatic carbocycles. The zero-order valence-corrected chi connectivity index (χ0v) is 15.5.